The number of ketones is 1. The van der Waals surface area contributed by atoms with Crippen LogP contribution in [-0.2, 0) is 11.2 Å². The number of hydrogen-bond donors (Lipinski definition) is 0. The van der Waals surface area contributed by atoms with Gasteiger partial charge < -0.3 is 14.0 Å². The van der Waals surface area contributed by atoms with Crippen LogP contribution in [-0.4, -0.2) is 16.9 Å². The maximum absolute atomic E-state index is 12.8. The molecule has 31 heavy (non-hydrogen) atoms. The Morgan fingerprint density at radius 2 is 1.90 bits per heavy atom. The van der Waals surface area contributed by atoms with Gasteiger partial charge in [0.25, 0.3) is 0 Å². The van der Waals surface area contributed by atoms with Crippen LogP contribution in [0.4, 0.5) is 0 Å². The van der Waals surface area contributed by atoms with E-state index in [-0.39, 0.29) is 23.1 Å². The van der Waals surface area contributed by atoms with Crippen LogP contribution in [0.15, 0.2) is 46.7 Å². The quantitative estimate of drug-likeness (QED) is 0.250. The summed E-state index contributed by atoms with van der Waals surface area (Å²) in [5.74, 6) is 0.400. The van der Waals surface area contributed by atoms with Crippen molar-refractivity contribution in [2.24, 2.45) is 0 Å². The van der Waals surface area contributed by atoms with Gasteiger partial charge in [-0.25, -0.2) is 0 Å². The van der Waals surface area contributed by atoms with E-state index in [1.165, 1.54) is 12.1 Å². The molecule has 0 unspecified atom stereocenters. The molecule has 3 aromatic rings. The smallest absolute Gasteiger partial charge is 0.311 e. The predicted octanol–water partition coefficient (Wildman–Crippen LogP) is 6.10. The van der Waals surface area contributed by atoms with Crippen LogP contribution in [0.25, 0.3) is 6.08 Å². The molecule has 2 heterocycles. The minimum absolute atomic E-state index is 0.0675. The third-order valence-electron chi connectivity index (χ3n) is 4.64. The normalized spacial score (nSPS) is 13.9. The number of hydrogen-bond acceptors (Lipinski definition) is 6. The predicted molar refractivity (Wildman–Crippen MR) is 116 cm³/mol. The van der Waals surface area contributed by atoms with E-state index in [4.69, 9.17) is 48.8 Å². The summed E-state index contributed by atoms with van der Waals surface area (Å²) >= 11 is 18.1. The maximum atomic E-state index is 12.8. The van der Waals surface area contributed by atoms with Crippen molar-refractivity contribution in [3.8, 4) is 11.5 Å². The molecule has 0 fully saturated rings. The van der Waals surface area contributed by atoms with Gasteiger partial charge in [0, 0.05) is 33.7 Å². The topological polar surface area (TPSA) is 78.6 Å². The van der Waals surface area contributed by atoms with Crippen LogP contribution in [0.2, 0.25) is 15.2 Å². The highest BCUT2D eigenvalue weighted by molar-refractivity contribution is 6.37. The van der Waals surface area contributed by atoms with Gasteiger partial charge in [0.15, 0.2) is 10.9 Å². The summed E-state index contributed by atoms with van der Waals surface area (Å²) in [4.78, 5) is 25.0. The molecule has 0 aliphatic carbocycles. The fourth-order valence-corrected chi connectivity index (χ4v) is 3.73. The number of Topliss-reactive ketones (excluding diaryl/α,β-unsaturated/α-hetero) is 1. The second kappa shape index (κ2) is 8.75. The maximum Gasteiger partial charge on any atom is 0.311 e. The van der Waals surface area contributed by atoms with Crippen molar-refractivity contribution in [1.29, 1.82) is 0 Å². The van der Waals surface area contributed by atoms with Gasteiger partial charge in [0.05, 0.1) is 12.0 Å². The van der Waals surface area contributed by atoms with Crippen LogP contribution in [0.1, 0.15) is 33.7 Å². The third kappa shape index (κ3) is 4.46. The summed E-state index contributed by atoms with van der Waals surface area (Å²) in [7, 11) is 0. The van der Waals surface area contributed by atoms with Crippen molar-refractivity contribution in [3.63, 3.8) is 0 Å². The minimum atomic E-state index is -0.474. The number of ether oxygens (including phenoxy) is 2. The zero-order chi connectivity index (χ0) is 22.1. The van der Waals surface area contributed by atoms with Crippen molar-refractivity contribution in [2.75, 3.05) is 0 Å². The molecule has 9 heteroatoms. The number of esters is 1. The van der Waals surface area contributed by atoms with Crippen LogP contribution < -0.4 is 9.47 Å². The molecule has 1 aliphatic rings. The highest BCUT2D eigenvalue weighted by Gasteiger charge is 2.31. The number of rotatable bonds is 5. The molecular formula is C22H14Cl3NO5. The van der Waals surface area contributed by atoms with Crippen molar-refractivity contribution < 1.29 is 23.6 Å². The minimum Gasteiger partial charge on any atom is -0.452 e. The molecule has 1 aliphatic heterocycles. The average Bonchev–Trinajstić information content (AvgIpc) is 3.29. The Labute approximate surface area is 192 Å². The van der Waals surface area contributed by atoms with E-state index >= 15 is 0 Å². The van der Waals surface area contributed by atoms with Gasteiger partial charge in [-0.2, -0.15) is 0 Å². The molecule has 0 saturated heterocycles. The van der Waals surface area contributed by atoms with Gasteiger partial charge in [-0.15, -0.1) is 0 Å². The third-order valence-corrected chi connectivity index (χ3v) is 5.48. The van der Waals surface area contributed by atoms with E-state index in [1.54, 1.807) is 37.3 Å². The Hall–Kier alpha value is -2.80. The SMILES string of the molecule is Cc1c(OC(=O)CCc2cc(Cl)no2)ccc2c1O/C(=C\c1c(Cl)cccc1Cl)C2=O. The van der Waals surface area contributed by atoms with E-state index in [1.807, 2.05) is 0 Å². The number of benzene rings is 2. The second-order valence-corrected chi connectivity index (χ2v) is 7.93. The summed E-state index contributed by atoms with van der Waals surface area (Å²) in [6.45, 7) is 1.70. The first-order chi connectivity index (χ1) is 14.8. The average molecular weight is 479 g/mol. The van der Waals surface area contributed by atoms with Crippen LogP contribution in [0.5, 0.6) is 11.5 Å². The summed E-state index contributed by atoms with van der Waals surface area (Å²) in [5, 5.41) is 4.57. The van der Waals surface area contributed by atoms with Gasteiger partial charge >= 0.3 is 5.97 Å². The lowest BCUT2D eigenvalue weighted by molar-refractivity contribution is -0.134. The van der Waals surface area contributed by atoms with E-state index < -0.39 is 5.97 Å². The van der Waals surface area contributed by atoms with Crippen LogP contribution in [0.3, 0.4) is 0 Å². The number of aryl methyl sites for hydroxylation is 1. The van der Waals surface area contributed by atoms with Gasteiger partial charge in [-0.3, -0.25) is 9.59 Å². The fraction of sp³-hybridized carbons (Fsp3) is 0.136. The van der Waals surface area contributed by atoms with Crippen LogP contribution in [0, 0.1) is 6.92 Å². The summed E-state index contributed by atoms with van der Waals surface area (Å²) in [6.07, 6.45) is 1.86. The number of aromatic nitrogens is 1. The lowest BCUT2D eigenvalue weighted by Gasteiger charge is -2.10. The van der Waals surface area contributed by atoms with Gasteiger partial charge in [-0.05, 0) is 37.3 Å². The number of fused-ring (bicyclic) bond motifs is 1. The number of nitrogens with zero attached hydrogens (tertiary/aromatic N) is 1. The zero-order valence-electron chi connectivity index (χ0n) is 16.1. The molecule has 4 rings (SSSR count). The molecule has 0 radical (unpaired) electrons. The number of halogens is 3. The number of carbonyl (C=O) groups is 2. The van der Waals surface area contributed by atoms with E-state index in [2.05, 4.69) is 5.16 Å². The summed E-state index contributed by atoms with van der Waals surface area (Å²) in [6, 6.07) is 9.70. The second-order valence-electron chi connectivity index (χ2n) is 6.73. The summed E-state index contributed by atoms with van der Waals surface area (Å²) in [5.41, 5.74) is 1.37. The Kier molecular flexibility index (Phi) is 6.05. The molecule has 6 nitrogen and oxygen atoms in total. The zero-order valence-corrected chi connectivity index (χ0v) is 18.3. The van der Waals surface area contributed by atoms with Gasteiger partial charge in [-0.1, -0.05) is 46.0 Å². The molecule has 1 aromatic heterocycles. The molecule has 158 valence electrons. The standard InChI is InChI=1S/C22H14Cl3NO5/c1-11-17(29-20(27)8-5-12-9-19(25)26-31-12)7-6-13-21(28)18(30-22(11)13)10-14-15(23)3-2-4-16(14)24/h2-4,6-7,9-10H,5,8H2,1H3/b18-10-. The van der Waals surface area contributed by atoms with E-state index in [0.29, 0.717) is 50.4 Å². The van der Waals surface area contributed by atoms with Crippen molar-refractivity contribution >= 4 is 52.6 Å². The first-order valence-corrected chi connectivity index (χ1v) is 10.3. The molecule has 0 bridgehead atoms. The van der Waals surface area contributed by atoms with Gasteiger partial charge in [0.1, 0.15) is 17.3 Å². The Morgan fingerprint density at radius 1 is 1.16 bits per heavy atom. The molecule has 0 N–H and O–H groups in total. The summed E-state index contributed by atoms with van der Waals surface area (Å²) < 4.78 is 16.2. The Balaban J connectivity index is 1.52. The van der Waals surface area contributed by atoms with E-state index in [9.17, 15) is 9.59 Å². The Morgan fingerprint density at radius 3 is 2.58 bits per heavy atom. The highest BCUT2D eigenvalue weighted by atomic mass is 35.5. The molecule has 0 atom stereocenters. The first-order valence-electron chi connectivity index (χ1n) is 9.17. The Bertz CT molecular complexity index is 1210. The van der Waals surface area contributed by atoms with Crippen LogP contribution >= 0.6 is 34.8 Å². The van der Waals surface area contributed by atoms with E-state index in [0.717, 1.165) is 0 Å². The molecule has 0 amide bonds. The lowest BCUT2D eigenvalue weighted by Crippen LogP contribution is -2.10. The lowest BCUT2D eigenvalue weighted by atomic mass is 10.1. The number of carbonyl (C=O) groups excluding carboxylic acids is 2. The monoisotopic (exact) mass is 477 g/mol. The first kappa shape index (κ1) is 21.4. The fourth-order valence-electron chi connectivity index (χ4n) is 3.06. The van der Waals surface area contributed by atoms with Crippen molar-refractivity contribution in [1.82, 2.24) is 5.16 Å². The largest absolute Gasteiger partial charge is 0.452 e. The molecule has 0 saturated carbocycles. The molecular weight excluding hydrogens is 465 g/mol. The van der Waals surface area contributed by atoms with Crippen molar-refractivity contribution in [2.45, 2.75) is 19.8 Å². The molecule has 0 spiro atoms. The van der Waals surface area contributed by atoms with Crippen molar-refractivity contribution in [3.05, 3.63) is 79.8 Å². The van der Waals surface area contributed by atoms with Gasteiger partial charge in [0.2, 0.25) is 5.78 Å². The molecule has 2 aromatic carbocycles. The highest BCUT2D eigenvalue weighted by Crippen LogP contribution is 2.40. The number of allylic oxidation sites excluding steroid dienone is 1.